The van der Waals surface area contributed by atoms with Crippen LogP contribution >= 0.6 is 0 Å². The van der Waals surface area contributed by atoms with E-state index in [1.54, 1.807) is 6.92 Å². The fourth-order valence-electron chi connectivity index (χ4n) is 2.23. The van der Waals surface area contributed by atoms with E-state index in [-0.39, 0.29) is 25.9 Å². The van der Waals surface area contributed by atoms with E-state index in [1.165, 1.54) is 13.8 Å². The molecule has 0 aromatic rings. The molecule has 0 radical (unpaired) electrons. The molecule has 0 amide bonds. The van der Waals surface area contributed by atoms with Gasteiger partial charge in [0.15, 0.2) is 12.2 Å². The Morgan fingerprint density at radius 3 is 1.86 bits per heavy atom. The highest BCUT2D eigenvalue weighted by Gasteiger charge is 2.49. The third kappa shape index (κ3) is 7.90. The van der Waals surface area contributed by atoms with Gasteiger partial charge in [-0.3, -0.25) is 14.4 Å². The average Bonchev–Trinajstić information content (AvgIpc) is 2.69. The normalized spacial score (nSPS) is 23.8. The molecule has 1 aliphatic heterocycles. The summed E-state index contributed by atoms with van der Waals surface area (Å²) in [5.41, 5.74) is 0. The van der Waals surface area contributed by atoms with E-state index in [1.807, 2.05) is 0 Å². The van der Waals surface area contributed by atoms with Crippen LogP contribution in [0.25, 0.3) is 0 Å². The van der Waals surface area contributed by atoms with Gasteiger partial charge in [0, 0.05) is 31.4 Å². The van der Waals surface area contributed by atoms with E-state index >= 15 is 0 Å². The topological polar surface area (TPSA) is 152 Å². The van der Waals surface area contributed by atoms with E-state index in [2.05, 4.69) is 0 Å². The standard InChI is InChI=1S/C18H24O11/c1-4-12(21)26-10-9-25-18(29-15(24)8-7-11(19)20)17(28-14(23)6-3)16(10)27-13(22)5-2/h7-8,10,16-18H,4-6,9H2,1-3H3,(H,19,20)/b8-7+/t10-,16-,17-,18-/m1/s1. The minimum absolute atomic E-state index is 0.00789. The van der Waals surface area contributed by atoms with Gasteiger partial charge in [0.2, 0.25) is 12.4 Å². The second-order valence-corrected chi connectivity index (χ2v) is 5.81. The lowest BCUT2D eigenvalue weighted by Crippen LogP contribution is -2.58. The number of ether oxygens (including phenoxy) is 5. The van der Waals surface area contributed by atoms with Gasteiger partial charge in [0.05, 0.1) is 6.61 Å². The molecule has 4 atom stereocenters. The van der Waals surface area contributed by atoms with Crippen LogP contribution in [0.1, 0.15) is 40.0 Å². The first kappa shape index (κ1) is 24.1. The zero-order valence-electron chi connectivity index (χ0n) is 16.3. The summed E-state index contributed by atoms with van der Waals surface area (Å²) >= 11 is 0. The molecular weight excluding hydrogens is 392 g/mol. The van der Waals surface area contributed by atoms with Crippen molar-refractivity contribution in [1.29, 1.82) is 0 Å². The summed E-state index contributed by atoms with van der Waals surface area (Å²) in [6.07, 6.45) is -4.13. The predicted octanol–water partition coefficient (Wildman–Crippen LogP) is 0.492. The quantitative estimate of drug-likeness (QED) is 0.317. The molecule has 162 valence electrons. The second-order valence-electron chi connectivity index (χ2n) is 5.81. The van der Waals surface area contributed by atoms with Gasteiger partial charge in [-0.05, 0) is 0 Å². The molecule has 1 heterocycles. The lowest BCUT2D eigenvalue weighted by atomic mass is 10.0. The van der Waals surface area contributed by atoms with Gasteiger partial charge < -0.3 is 28.8 Å². The van der Waals surface area contributed by atoms with Crippen molar-refractivity contribution in [3.63, 3.8) is 0 Å². The maximum atomic E-state index is 11.9. The van der Waals surface area contributed by atoms with Crippen LogP contribution in [0, 0.1) is 0 Å². The first-order valence-electron chi connectivity index (χ1n) is 9.03. The fourth-order valence-corrected chi connectivity index (χ4v) is 2.23. The van der Waals surface area contributed by atoms with Crippen LogP contribution in [0.3, 0.4) is 0 Å². The van der Waals surface area contributed by atoms with Crippen molar-refractivity contribution < 1.29 is 52.8 Å². The second kappa shape index (κ2) is 11.8. The maximum absolute atomic E-state index is 11.9. The minimum atomic E-state index is -1.51. The largest absolute Gasteiger partial charge is 0.478 e. The lowest BCUT2D eigenvalue weighted by Gasteiger charge is -2.39. The Hall–Kier alpha value is -2.95. The van der Waals surface area contributed by atoms with E-state index in [0.29, 0.717) is 12.2 Å². The van der Waals surface area contributed by atoms with E-state index in [9.17, 15) is 24.0 Å². The molecule has 29 heavy (non-hydrogen) atoms. The minimum Gasteiger partial charge on any atom is -0.478 e. The molecule has 1 saturated heterocycles. The summed E-state index contributed by atoms with van der Waals surface area (Å²) in [5, 5.41) is 8.58. The number of aliphatic carboxylic acids is 1. The van der Waals surface area contributed by atoms with Crippen LogP contribution in [0.2, 0.25) is 0 Å². The van der Waals surface area contributed by atoms with Crippen molar-refractivity contribution in [2.75, 3.05) is 6.61 Å². The van der Waals surface area contributed by atoms with E-state index in [4.69, 9.17) is 28.8 Å². The van der Waals surface area contributed by atoms with Crippen molar-refractivity contribution in [2.24, 2.45) is 0 Å². The number of hydrogen-bond acceptors (Lipinski definition) is 10. The van der Waals surface area contributed by atoms with Crippen molar-refractivity contribution in [1.82, 2.24) is 0 Å². The number of carbonyl (C=O) groups excluding carboxylic acids is 4. The Morgan fingerprint density at radius 2 is 1.34 bits per heavy atom. The number of esters is 4. The monoisotopic (exact) mass is 416 g/mol. The summed E-state index contributed by atoms with van der Waals surface area (Å²) in [5.74, 6) is -4.43. The molecule has 0 saturated carbocycles. The Balaban J connectivity index is 3.13. The smallest absolute Gasteiger partial charge is 0.333 e. The van der Waals surface area contributed by atoms with Crippen LogP contribution in [0.15, 0.2) is 12.2 Å². The predicted molar refractivity (Wildman–Crippen MR) is 93.1 cm³/mol. The van der Waals surface area contributed by atoms with Crippen LogP contribution in [-0.2, 0) is 47.7 Å². The zero-order chi connectivity index (χ0) is 22.0. The summed E-state index contributed by atoms with van der Waals surface area (Å²) in [6, 6.07) is 0. The van der Waals surface area contributed by atoms with Crippen LogP contribution in [-0.4, -0.2) is 66.2 Å². The number of rotatable bonds is 9. The van der Waals surface area contributed by atoms with Gasteiger partial charge in [-0.15, -0.1) is 0 Å². The third-order valence-corrected chi connectivity index (χ3v) is 3.66. The molecule has 1 fully saturated rings. The van der Waals surface area contributed by atoms with Crippen molar-refractivity contribution >= 4 is 29.8 Å². The number of carboxylic acid groups (broad SMARTS) is 1. The molecule has 11 heteroatoms. The first-order chi connectivity index (χ1) is 13.7. The highest BCUT2D eigenvalue weighted by molar-refractivity contribution is 5.90. The summed E-state index contributed by atoms with van der Waals surface area (Å²) < 4.78 is 26.1. The van der Waals surface area contributed by atoms with Gasteiger partial charge in [0.1, 0.15) is 0 Å². The number of hydrogen-bond donors (Lipinski definition) is 1. The highest BCUT2D eigenvalue weighted by atomic mass is 16.7. The van der Waals surface area contributed by atoms with Gasteiger partial charge >= 0.3 is 29.8 Å². The third-order valence-electron chi connectivity index (χ3n) is 3.66. The van der Waals surface area contributed by atoms with E-state index < -0.39 is 54.4 Å². The molecule has 0 aromatic heterocycles. The zero-order valence-corrected chi connectivity index (χ0v) is 16.3. The summed E-state index contributed by atoms with van der Waals surface area (Å²) in [4.78, 5) is 57.8. The average molecular weight is 416 g/mol. The first-order valence-corrected chi connectivity index (χ1v) is 9.03. The number of carboxylic acids is 1. The summed E-state index contributed by atoms with van der Waals surface area (Å²) in [7, 11) is 0. The molecule has 0 aromatic carbocycles. The molecule has 1 aliphatic rings. The Kier molecular flexibility index (Phi) is 9.80. The molecule has 0 aliphatic carbocycles. The lowest BCUT2D eigenvalue weighted by molar-refractivity contribution is -0.273. The Morgan fingerprint density at radius 1 is 0.828 bits per heavy atom. The SMILES string of the molecule is CCC(=O)O[C@H]1[C@@H](OC(=O)/C=C/C(=O)O)OC[C@@H](OC(=O)CC)[C@H]1OC(=O)CC. The van der Waals surface area contributed by atoms with Gasteiger partial charge in [-0.25, -0.2) is 9.59 Å². The van der Waals surface area contributed by atoms with Crippen molar-refractivity contribution in [3.05, 3.63) is 12.2 Å². The fraction of sp³-hybridized carbons (Fsp3) is 0.611. The van der Waals surface area contributed by atoms with E-state index in [0.717, 1.165) is 0 Å². The van der Waals surface area contributed by atoms with Crippen LogP contribution in [0.4, 0.5) is 0 Å². The molecular formula is C18H24O11. The molecule has 0 bridgehead atoms. The number of carbonyl (C=O) groups is 5. The highest BCUT2D eigenvalue weighted by Crippen LogP contribution is 2.26. The van der Waals surface area contributed by atoms with Crippen LogP contribution in [0.5, 0.6) is 0 Å². The van der Waals surface area contributed by atoms with Gasteiger partial charge in [0.25, 0.3) is 0 Å². The van der Waals surface area contributed by atoms with Crippen LogP contribution < -0.4 is 0 Å². The van der Waals surface area contributed by atoms with Gasteiger partial charge in [-0.1, -0.05) is 20.8 Å². The maximum Gasteiger partial charge on any atom is 0.333 e. The molecule has 1 rings (SSSR count). The molecule has 1 N–H and O–H groups in total. The van der Waals surface area contributed by atoms with Crippen molar-refractivity contribution in [3.8, 4) is 0 Å². The Labute approximate surface area is 166 Å². The van der Waals surface area contributed by atoms with Crippen molar-refractivity contribution in [2.45, 2.75) is 64.6 Å². The summed E-state index contributed by atoms with van der Waals surface area (Å²) in [6.45, 7) is 4.31. The molecule has 0 unspecified atom stereocenters. The Bertz CT molecular complexity index is 654. The van der Waals surface area contributed by atoms with Gasteiger partial charge in [-0.2, -0.15) is 0 Å². The molecule has 0 spiro atoms. The molecule has 11 nitrogen and oxygen atoms in total.